The molecule has 1 rings (SSSR count). The van der Waals surface area contributed by atoms with Gasteiger partial charge in [-0.1, -0.05) is 12.7 Å². The van der Waals surface area contributed by atoms with Crippen LogP contribution in [-0.2, 0) is 9.59 Å². The van der Waals surface area contributed by atoms with Gasteiger partial charge in [0.1, 0.15) is 0 Å². The van der Waals surface area contributed by atoms with Gasteiger partial charge < -0.3 is 10.2 Å². The van der Waals surface area contributed by atoms with Crippen molar-refractivity contribution < 1.29 is 38.7 Å². The maximum Gasteiger partial charge on any atom is 1.00 e. The molecule has 0 bridgehead atoms. The molecule has 1 aromatic rings. The number of carboxylic acids is 2. The first-order chi connectivity index (χ1) is 8.04. The van der Waals surface area contributed by atoms with Gasteiger partial charge in [-0.3, -0.25) is 0 Å². The smallest absolute Gasteiger partial charge is 0.478 e. The first-order valence-corrected chi connectivity index (χ1v) is 4.66. The van der Waals surface area contributed by atoms with Crippen LogP contribution >= 0.6 is 0 Å². The average molecular weight is 242 g/mol. The van der Waals surface area contributed by atoms with Crippen molar-refractivity contribution in [1.82, 2.24) is 0 Å². The van der Waals surface area contributed by atoms with Gasteiger partial charge in [-0.25, -0.2) is 9.59 Å². The van der Waals surface area contributed by atoms with E-state index in [0.29, 0.717) is 0 Å². The summed E-state index contributed by atoms with van der Waals surface area (Å²) >= 11 is 0. The molecule has 18 heavy (non-hydrogen) atoms. The third-order valence-corrected chi connectivity index (χ3v) is 1.09. The van der Waals surface area contributed by atoms with E-state index in [0.717, 1.165) is 12.2 Å². The second kappa shape index (κ2) is 17.6. The van der Waals surface area contributed by atoms with Gasteiger partial charge in [-0.2, -0.15) is 36.4 Å². The van der Waals surface area contributed by atoms with E-state index in [1.54, 1.807) is 6.92 Å². The summed E-state index contributed by atoms with van der Waals surface area (Å²) in [7, 11) is 0. The van der Waals surface area contributed by atoms with E-state index in [9.17, 15) is 9.59 Å². The molecule has 0 radical (unpaired) electrons. The van der Waals surface area contributed by atoms with Gasteiger partial charge in [0, 0.05) is 12.2 Å². The van der Waals surface area contributed by atoms with Gasteiger partial charge in [0.15, 0.2) is 0 Å². The van der Waals surface area contributed by atoms with Crippen molar-refractivity contribution in [2.45, 2.75) is 6.92 Å². The zero-order valence-electron chi connectivity index (χ0n) is 10.5. The minimum atomic E-state index is -0.981. The summed E-state index contributed by atoms with van der Waals surface area (Å²) in [6, 6.07) is 12.5. The fourth-order valence-corrected chi connectivity index (χ4v) is 0.485. The molecule has 2 N–H and O–H groups in total. The number of allylic oxidation sites excluding steroid dienone is 1. The maximum atomic E-state index is 9.51. The van der Waals surface area contributed by atoms with Crippen molar-refractivity contribution >= 4 is 11.9 Å². The molecule has 4 nitrogen and oxygen atoms in total. The first-order valence-electron chi connectivity index (χ1n) is 4.66. The predicted molar refractivity (Wildman–Crippen MR) is 65.6 cm³/mol. The van der Waals surface area contributed by atoms with Gasteiger partial charge in [0.25, 0.3) is 0 Å². The molecule has 0 atom stereocenters. The summed E-state index contributed by atoms with van der Waals surface area (Å²) in [5, 5.41) is 15.4. The Morgan fingerprint density at radius 3 is 1.61 bits per heavy atom. The Bertz CT molecular complexity index is 321. The molecule has 0 unspecified atom stereocenters. The second-order valence-electron chi connectivity index (χ2n) is 2.46. The van der Waals surface area contributed by atoms with E-state index < -0.39 is 11.9 Å². The zero-order valence-corrected chi connectivity index (χ0v) is 10.5. The van der Waals surface area contributed by atoms with E-state index >= 15 is 0 Å². The molecule has 1 aromatic carbocycles. The molecule has 0 heterocycles. The molecule has 0 saturated carbocycles. The number of rotatable bonds is 2. The van der Waals surface area contributed by atoms with Gasteiger partial charge >= 0.3 is 30.8 Å². The van der Waals surface area contributed by atoms with Crippen LogP contribution in [0, 0.1) is 6.07 Å². The summed E-state index contributed by atoms with van der Waals surface area (Å²) in [5.74, 6) is -1.87. The van der Waals surface area contributed by atoms with Crippen LogP contribution in [0.2, 0.25) is 0 Å². The minimum absolute atomic E-state index is 0. The molecular formula is C13H15LiO4. The molecule has 92 valence electrons. The quantitative estimate of drug-likeness (QED) is 0.412. The van der Waals surface area contributed by atoms with E-state index in [1.165, 1.54) is 6.08 Å². The normalized spacial score (nSPS) is 7.61. The van der Waals surface area contributed by atoms with Crippen LogP contribution in [0.3, 0.4) is 0 Å². The summed E-state index contributed by atoms with van der Waals surface area (Å²) in [6.07, 6.45) is 3.39. The van der Waals surface area contributed by atoms with Gasteiger partial charge in [-0.15, -0.1) is 0 Å². The standard InChI is InChI=1S/C6H5.C4H6O2.C3H4O2.Li/c1-2-4-6-5-3-1;1-2-3-4(5)6;1-2-3(4)5;/h1-5H;2-3H,1H3,(H,5,6);2H,1H2,(H,4,5);/q-1;;;+1/b;3-2+;;. The Morgan fingerprint density at radius 1 is 1.11 bits per heavy atom. The topological polar surface area (TPSA) is 74.6 Å². The van der Waals surface area contributed by atoms with Crippen LogP contribution in [0.5, 0.6) is 0 Å². The van der Waals surface area contributed by atoms with Crippen molar-refractivity contribution in [2.75, 3.05) is 0 Å². The predicted octanol–water partition coefficient (Wildman–Crippen LogP) is -0.605. The van der Waals surface area contributed by atoms with Crippen LogP contribution in [0.1, 0.15) is 6.92 Å². The first kappa shape index (κ1) is 21.5. The number of hydrogen-bond donors (Lipinski definition) is 2. The Morgan fingerprint density at radius 2 is 1.56 bits per heavy atom. The van der Waals surface area contributed by atoms with Crippen molar-refractivity contribution in [3.63, 3.8) is 0 Å². The molecule has 0 amide bonds. The van der Waals surface area contributed by atoms with E-state index in [-0.39, 0.29) is 18.9 Å². The van der Waals surface area contributed by atoms with Crippen molar-refractivity contribution in [1.29, 1.82) is 0 Å². The Kier molecular flexibility index (Phi) is 21.1. The van der Waals surface area contributed by atoms with Gasteiger partial charge in [0.2, 0.25) is 0 Å². The third kappa shape index (κ3) is 29.2. The largest absolute Gasteiger partial charge is 1.00 e. The van der Waals surface area contributed by atoms with E-state index in [1.807, 2.05) is 30.3 Å². The van der Waals surface area contributed by atoms with Crippen LogP contribution in [0.4, 0.5) is 0 Å². The SMILES string of the molecule is C/C=C/C(=O)O.C=CC(=O)O.[Li+].[c-]1ccccc1. The van der Waals surface area contributed by atoms with Gasteiger partial charge in [-0.05, 0) is 6.92 Å². The number of aliphatic carboxylic acids is 2. The fraction of sp³-hybridized carbons (Fsp3) is 0.0769. The number of carbonyl (C=O) groups is 2. The minimum Gasteiger partial charge on any atom is -0.478 e. The molecule has 0 saturated heterocycles. The van der Waals surface area contributed by atoms with Crippen LogP contribution in [-0.4, -0.2) is 22.2 Å². The molecule has 0 aromatic heterocycles. The maximum absolute atomic E-state index is 9.51. The summed E-state index contributed by atoms with van der Waals surface area (Å²) in [6.45, 7) is 4.62. The number of benzene rings is 1. The molecule has 5 heteroatoms. The molecule has 0 spiro atoms. The summed E-state index contributed by atoms with van der Waals surface area (Å²) in [4.78, 5) is 18.8. The van der Waals surface area contributed by atoms with E-state index in [4.69, 9.17) is 10.2 Å². The van der Waals surface area contributed by atoms with Crippen LogP contribution in [0.25, 0.3) is 0 Å². The summed E-state index contributed by atoms with van der Waals surface area (Å²) in [5.41, 5.74) is 0. The van der Waals surface area contributed by atoms with Crippen LogP contribution < -0.4 is 18.9 Å². The van der Waals surface area contributed by atoms with Gasteiger partial charge in [0.05, 0.1) is 0 Å². The zero-order chi connectivity index (χ0) is 13.5. The van der Waals surface area contributed by atoms with Crippen molar-refractivity contribution in [2.24, 2.45) is 0 Å². The number of hydrogen-bond acceptors (Lipinski definition) is 2. The fourth-order valence-electron chi connectivity index (χ4n) is 0.485. The number of carboxylic acid groups (broad SMARTS) is 2. The summed E-state index contributed by atoms with van der Waals surface area (Å²) < 4.78 is 0. The van der Waals surface area contributed by atoms with Crippen molar-refractivity contribution in [3.8, 4) is 0 Å². The van der Waals surface area contributed by atoms with E-state index in [2.05, 4.69) is 12.6 Å². The molecule has 0 aliphatic rings. The monoisotopic (exact) mass is 242 g/mol. The molecule has 0 fully saturated rings. The van der Waals surface area contributed by atoms with Crippen molar-refractivity contribution in [3.05, 3.63) is 61.2 Å². The molecule has 0 aliphatic heterocycles. The van der Waals surface area contributed by atoms with Crippen LogP contribution in [0.15, 0.2) is 55.1 Å². The molecule has 0 aliphatic carbocycles. The Balaban J connectivity index is -0.000000184. The third-order valence-electron chi connectivity index (χ3n) is 1.09. The molecular weight excluding hydrogens is 227 g/mol. The second-order valence-corrected chi connectivity index (χ2v) is 2.46. The Hall–Kier alpha value is -1.76. The average Bonchev–Trinajstić information content (AvgIpc) is 2.32. The Labute approximate surface area is 119 Å².